The Bertz CT molecular complexity index is 886. The molecule has 0 atom stereocenters. The molecule has 0 bridgehead atoms. The topological polar surface area (TPSA) is 55.4 Å². The second-order valence-electron chi connectivity index (χ2n) is 5.72. The van der Waals surface area contributed by atoms with E-state index in [1.165, 1.54) is 18.1 Å². The maximum Gasteiger partial charge on any atom is 0.162 e. The number of benzene rings is 2. The third-order valence-electron chi connectivity index (χ3n) is 3.87. The highest BCUT2D eigenvalue weighted by Crippen LogP contribution is 2.27. The van der Waals surface area contributed by atoms with Crippen LogP contribution in [0.3, 0.4) is 0 Å². The molecule has 2 rings (SSSR count). The zero-order chi connectivity index (χ0) is 19.7. The van der Waals surface area contributed by atoms with Crippen molar-refractivity contribution in [1.82, 2.24) is 0 Å². The summed E-state index contributed by atoms with van der Waals surface area (Å²) in [4.78, 5) is 16.3. The molecule has 2 aromatic rings. The van der Waals surface area contributed by atoms with E-state index in [2.05, 4.69) is 56.5 Å². The lowest BCUT2D eigenvalue weighted by molar-refractivity contribution is 0.101. The van der Waals surface area contributed by atoms with Crippen molar-refractivity contribution < 1.29 is 4.79 Å². The summed E-state index contributed by atoms with van der Waals surface area (Å²) >= 11 is 0. The number of nitrogens with zero attached hydrogens (tertiary/aromatic N) is 1. The molecule has 132 valence electrons. The summed E-state index contributed by atoms with van der Waals surface area (Å²) in [5.41, 5.74) is 11.7. The number of hydrogen-bond acceptors (Lipinski definition) is 3. The Kier molecular flexibility index (Phi) is 7.79. The van der Waals surface area contributed by atoms with Crippen LogP contribution < -0.4 is 5.73 Å². The van der Waals surface area contributed by atoms with Crippen molar-refractivity contribution in [2.75, 3.05) is 5.73 Å². The molecular formula is C23H24N2O. The van der Waals surface area contributed by atoms with Crippen LogP contribution in [0.15, 0.2) is 60.1 Å². The van der Waals surface area contributed by atoms with E-state index in [0.717, 1.165) is 5.56 Å². The van der Waals surface area contributed by atoms with Crippen molar-refractivity contribution in [2.45, 2.75) is 20.8 Å². The fourth-order valence-electron chi connectivity index (χ4n) is 2.30. The Morgan fingerprint density at radius 3 is 2.42 bits per heavy atom. The number of carbonyl (C=O) groups excluding carboxylic acids is 1. The molecule has 0 aliphatic carbocycles. The van der Waals surface area contributed by atoms with E-state index in [1.807, 2.05) is 12.2 Å². The van der Waals surface area contributed by atoms with Crippen LogP contribution in [0.25, 0.3) is 6.08 Å². The van der Waals surface area contributed by atoms with Gasteiger partial charge in [-0.3, -0.25) is 4.79 Å². The van der Waals surface area contributed by atoms with Crippen LogP contribution >= 0.6 is 0 Å². The summed E-state index contributed by atoms with van der Waals surface area (Å²) < 4.78 is 0. The Labute approximate surface area is 156 Å². The fraction of sp³-hybridized carbons (Fsp3) is 0.130. The van der Waals surface area contributed by atoms with E-state index in [4.69, 9.17) is 5.73 Å². The average Bonchev–Trinajstić information content (AvgIpc) is 2.64. The highest BCUT2D eigenvalue weighted by molar-refractivity contribution is 6.10. The number of ketones is 1. The second kappa shape index (κ2) is 9.80. The maximum atomic E-state index is 11.8. The lowest BCUT2D eigenvalue weighted by atomic mass is 10.1. The first-order valence-corrected chi connectivity index (χ1v) is 8.11. The lowest BCUT2D eigenvalue weighted by Crippen LogP contribution is -1.98. The molecule has 0 spiro atoms. The first-order valence-electron chi connectivity index (χ1n) is 8.11. The van der Waals surface area contributed by atoms with Gasteiger partial charge >= 0.3 is 0 Å². The monoisotopic (exact) mass is 344 g/mol. The summed E-state index contributed by atoms with van der Waals surface area (Å²) in [6.07, 6.45) is 13.5. The number of aryl methyl sites for hydroxylation is 2. The molecule has 0 saturated heterocycles. The Morgan fingerprint density at radius 1 is 1.15 bits per heavy atom. The minimum absolute atomic E-state index is 0.0670. The number of allylic oxidation sites excluding steroid dienone is 2. The molecule has 3 nitrogen and oxygen atoms in total. The molecule has 0 unspecified atom stereocenters. The average molecular weight is 344 g/mol. The molecule has 0 aliphatic heterocycles. The van der Waals surface area contributed by atoms with E-state index in [9.17, 15) is 4.79 Å². The number of anilines is 1. The van der Waals surface area contributed by atoms with Crippen LogP contribution in [-0.2, 0) is 0 Å². The van der Waals surface area contributed by atoms with Crippen LogP contribution in [-0.4, -0.2) is 11.5 Å². The van der Waals surface area contributed by atoms with Gasteiger partial charge in [-0.2, -0.15) is 0 Å². The molecule has 0 radical (unpaired) electrons. The minimum atomic E-state index is -0.0670. The smallest absolute Gasteiger partial charge is 0.162 e. The molecule has 0 aliphatic rings. The van der Waals surface area contributed by atoms with Gasteiger partial charge in [0.25, 0.3) is 0 Å². The van der Waals surface area contributed by atoms with Crippen molar-refractivity contribution in [3.63, 3.8) is 0 Å². The first-order chi connectivity index (χ1) is 12.4. The molecule has 0 aromatic heterocycles. The Morgan fingerprint density at radius 2 is 1.85 bits per heavy atom. The molecule has 2 N–H and O–H groups in total. The number of Topliss-reactive ketones (excluding diaryl/α,β-unsaturated/α-hetero) is 1. The van der Waals surface area contributed by atoms with E-state index < -0.39 is 0 Å². The van der Waals surface area contributed by atoms with Gasteiger partial charge in [0, 0.05) is 5.56 Å². The standard InChI is InChI=1S/C21H22N2O.C2H2/c1-5-18(12-11-17-10-9-14(2)15(3)13-17)23-21-19(16(4)24)7-6-8-20(21)22;1-2/h5-13H,1,22H2,2-4H3;1-2H/b12-11+,23-18?;. The summed E-state index contributed by atoms with van der Waals surface area (Å²) in [6, 6.07) is 11.5. The predicted molar refractivity (Wildman–Crippen MR) is 113 cm³/mol. The Balaban J connectivity index is 0.00000163. The SMILES string of the molecule is C#C.C=CC(/C=C/c1ccc(C)c(C)c1)=Nc1c(N)cccc1C(C)=O. The van der Waals surface area contributed by atoms with Crippen molar-refractivity contribution in [1.29, 1.82) is 0 Å². The summed E-state index contributed by atoms with van der Waals surface area (Å²) in [7, 11) is 0. The number of nitrogens with two attached hydrogens (primary N) is 1. The molecule has 2 aromatic carbocycles. The summed E-state index contributed by atoms with van der Waals surface area (Å²) in [5, 5.41) is 0. The number of para-hydroxylation sites is 1. The van der Waals surface area contributed by atoms with Gasteiger partial charge in [0.15, 0.2) is 5.78 Å². The second-order valence-corrected chi connectivity index (χ2v) is 5.72. The van der Waals surface area contributed by atoms with Gasteiger partial charge in [-0.25, -0.2) is 4.99 Å². The van der Waals surface area contributed by atoms with Gasteiger partial charge in [-0.1, -0.05) is 36.9 Å². The number of aliphatic imine (C=N–C) groups is 1. The largest absolute Gasteiger partial charge is 0.397 e. The third kappa shape index (κ3) is 5.32. The van der Waals surface area contributed by atoms with Crippen LogP contribution in [0.5, 0.6) is 0 Å². The Hall–Kier alpha value is -3.38. The molecule has 0 heterocycles. The van der Waals surface area contributed by atoms with Gasteiger partial charge < -0.3 is 5.73 Å². The van der Waals surface area contributed by atoms with E-state index in [0.29, 0.717) is 22.6 Å². The van der Waals surface area contributed by atoms with Crippen molar-refractivity contribution in [3.8, 4) is 12.8 Å². The highest BCUT2D eigenvalue weighted by atomic mass is 16.1. The van der Waals surface area contributed by atoms with Crippen LogP contribution in [0.1, 0.15) is 34.0 Å². The van der Waals surface area contributed by atoms with Gasteiger partial charge in [0.05, 0.1) is 17.1 Å². The number of nitrogen functional groups attached to an aromatic ring is 1. The number of carbonyl (C=O) groups is 1. The van der Waals surface area contributed by atoms with Crippen LogP contribution in [0.4, 0.5) is 11.4 Å². The molecule has 0 fully saturated rings. The van der Waals surface area contributed by atoms with Gasteiger partial charge in [0.1, 0.15) is 0 Å². The van der Waals surface area contributed by atoms with E-state index in [1.54, 1.807) is 24.3 Å². The predicted octanol–water partition coefficient (Wildman–Crippen LogP) is 5.31. The lowest BCUT2D eigenvalue weighted by Gasteiger charge is -2.06. The van der Waals surface area contributed by atoms with Crippen LogP contribution in [0, 0.1) is 26.7 Å². The molecular weight excluding hydrogens is 320 g/mol. The first kappa shape index (κ1) is 20.7. The van der Waals surface area contributed by atoms with Crippen molar-refractivity contribution >= 4 is 28.9 Å². The normalized spacial score (nSPS) is 10.9. The zero-order valence-corrected chi connectivity index (χ0v) is 15.5. The van der Waals surface area contributed by atoms with Gasteiger partial charge in [0.2, 0.25) is 0 Å². The summed E-state index contributed by atoms with van der Waals surface area (Å²) in [5.74, 6) is -0.0670. The zero-order valence-electron chi connectivity index (χ0n) is 15.5. The quantitative estimate of drug-likeness (QED) is 0.346. The molecule has 26 heavy (non-hydrogen) atoms. The van der Waals surface area contributed by atoms with E-state index >= 15 is 0 Å². The third-order valence-corrected chi connectivity index (χ3v) is 3.87. The fourth-order valence-corrected chi connectivity index (χ4v) is 2.30. The number of terminal acetylenes is 1. The number of hydrogen-bond donors (Lipinski definition) is 1. The maximum absolute atomic E-state index is 11.8. The molecule has 0 saturated carbocycles. The number of rotatable bonds is 5. The highest BCUT2D eigenvalue weighted by Gasteiger charge is 2.09. The minimum Gasteiger partial charge on any atom is -0.397 e. The summed E-state index contributed by atoms with van der Waals surface area (Å²) in [6.45, 7) is 9.47. The van der Waals surface area contributed by atoms with E-state index in [-0.39, 0.29) is 5.78 Å². The van der Waals surface area contributed by atoms with Crippen molar-refractivity contribution in [3.05, 3.63) is 77.4 Å². The van der Waals surface area contributed by atoms with Crippen molar-refractivity contribution in [2.24, 2.45) is 4.99 Å². The van der Waals surface area contributed by atoms with Gasteiger partial charge in [-0.05, 0) is 61.7 Å². The molecule has 0 amide bonds. The van der Waals surface area contributed by atoms with Crippen LogP contribution in [0.2, 0.25) is 0 Å². The van der Waals surface area contributed by atoms with Gasteiger partial charge in [-0.15, -0.1) is 12.8 Å². The molecule has 3 heteroatoms.